The zero-order valence-electron chi connectivity index (χ0n) is 28.7. The maximum atomic E-state index is 13.7. The predicted octanol–water partition coefficient (Wildman–Crippen LogP) is 6.07. The Labute approximate surface area is 294 Å². The number of urea groups is 1. The Balaban J connectivity index is 0.989. The highest BCUT2D eigenvalue weighted by molar-refractivity contribution is 6.31. The number of hydrogen-bond acceptors (Lipinski definition) is 6. The van der Waals surface area contributed by atoms with Crippen molar-refractivity contribution in [1.29, 1.82) is 0 Å². The number of fused-ring (bicyclic) bond motifs is 1. The van der Waals surface area contributed by atoms with Crippen molar-refractivity contribution in [3.8, 4) is 0 Å². The van der Waals surface area contributed by atoms with Gasteiger partial charge in [0, 0.05) is 68.8 Å². The Bertz CT molecular complexity index is 1610. The first-order valence-corrected chi connectivity index (χ1v) is 17.8. The number of aromatic nitrogens is 1. The summed E-state index contributed by atoms with van der Waals surface area (Å²) in [6.45, 7) is 12.0. The van der Waals surface area contributed by atoms with Crippen LogP contribution >= 0.6 is 11.6 Å². The first-order valence-electron chi connectivity index (χ1n) is 17.4. The Kier molecular flexibility index (Phi) is 11.0. The highest BCUT2D eigenvalue weighted by Gasteiger charge is 2.42. The monoisotopic (exact) mass is 686 g/mol. The average Bonchev–Trinajstić information content (AvgIpc) is 3.67. The summed E-state index contributed by atoms with van der Waals surface area (Å²) in [7, 11) is 0. The molecule has 2 atom stereocenters. The molecule has 1 aromatic heterocycles. The number of carbonyl (C=O) groups excluding carboxylic acids is 3. The third kappa shape index (κ3) is 8.36. The number of pyridine rings is 1. The van der Waals surface area contributed by atoms with Gasteiger partial charge in [-0.05, 0) is 93.3 Å². The van der Waals surface area contributed by atoms with Crippen molar-refractivity contribution in [1.82, 2.24) is 25.0 Å². The molecule has 10 nitrogen and oxygen atoms in total. The van der Waals surface area contributed by atoms with E-state index in [1.54, 1.807) is 16.0 Å². The summed E-state index contributed by atoms with van der Waals surface area (Å²) in [6, 6.07) is 17.1. The van der Waals surface area contributed by atoms with E-state index < -0.39 is 0 Å². The molecule has 3 fully saturated rings. The van der Waals surface area contributed by atoms with E-state index >= 15 is 0 Å². The largest absolute Gasteiger partial charge is 0.445 e. The van der Waals surface area contributed by atoms with E-state index in [-0.39, 0.29) is 30.7 Å². The number of halogens is 1. The number of rotatable bonds is 9. The van der Waals surface area contributed by atoms with Gasteiger partial charge in [-0.2, -0.15) is 0 Å². The number of nitrogens with one attached hydrogen (secondary N) is 1. The van der Waals surface area contributed by atoms with E-state index in [0.717, 1.165) is 72.8 Å². The van der Waals surface area contributed by atoms with Crippen LogP contribution in [0.5, 0.6) is 0 Å². The number of anilines is 1. The zero-order chi connectivity index (χ0) is 34.5. The molecule has 0 bridgehead atoms. The lowest BCUT2D eigenvalue weighted by atomic mass is 10.0. The summed E-state index contributed by atoms with van der Waals surface area (Å²) in [5.41, 5.74) is 5.18. The summed E-state index contributed by atoms with van der Waals surface area (Å²) < 4.78 is 5.51. The van der Waals surface area contributed by atoms with Crippen LogP contribution in [0.2, 0.25) is 5.02 Å². The second-order valence-electron chi connectivity index (χ2n) is 13.8. The molecule has 3 aliphatic heterocycles. The number of aryl methyl sites for hydroxylation is 3. The molecule has 11 heteroatoms. The molecule has 3 aliphatic rings. The van der Waals surface area contributed by atoms with Gasteiger partial charge in [0.1, 0.15) is 6.61 Å². The third-order valence-electron chi connectivity index (χ3n) is 10.3. The average molecular weight is 687 g/mol. The van der Waals surface area contributed by atoms with Gasteiger partial charge in [0.25, 0.3) is 5.91 Å². The minimum atomic E-state index is -0.325. The van der Waals surface area contributed by atoms with Crippen molar-refractivity contribution in [2.24, 2.45) is 11.8 Å². The molecule has 4 heterocycles. The molecule has 6 rings (SSSR count). The Morgan fingerprint density at radius 3 is 2.31 bits per heavy atom. The van der Waals surface area contributed by atoms with Crippen LogP contribution in [-0.4, -0.2) is 96.1 Å². The molecule has 1 N–H and O–H groups in total. The topological polar surface area (TPSA) is 98.3 Å². The molecular formula is C38H47ClN6O4. The molecule has 3 aromatic rings. The quantitative estimate of drug-likeness (QED) is 0.294. The van der Waals surface area contributed by atoms with Crippen molar-refractivity contribution in [3.63, 3.8) is 0 Å². The highest BCUT2D eigenvalue weighted by atomic mass is 35.5. The van der Waals surface area contributed by atoms with E-state index in [4.69, 9.17) is 16.3 Å². The molecule has 260 valence electrons. The molecule has 2 unspecified atom stereocenters. The number of benzene rings is 2. The van der Waals surface area contributed by atoms with Gasteiger partial charge in [-0.25, -0.2) is 9.59 Å². The maximum absolute atomic E-state index is 13.7. The predicted molar refractivity (Wildman–Crippen MR) is 191 cm³/mol. The minimum absolute atomic E-state index is 0.0445. The fourth-order valence-corrected chi connectivity index (χ4v) is 7.61. The molecule has 0 radical (unpaired) electrons. The highest BCUT2D eigenvalue weighted by Crippen LogP contribution is 2.33. The second-order valence-corrected chi connectivity index (χ2v) is 14.2. The normalized spacial score (nSPS) is 19.5. The first-order chi connectivity index (χ1) is 23.7. The summed E-state index contributed by atoms with van der Waals surface area (Å²) in [5, 5.41) is 3.85. The van der Waals surface area contributed by atoms with Crippen molar-refractivity contribution >= 4 is 35.3 Å². The number of amides is 4. The van der Waals surface area contributed by atoms with Crippen LogP contribution < -0.4 is 10.2 Å². The van der Waals surface area contributed by atoms with Crippen molar-refractivity contribution in [2.45, 2.75) is 52.7 Å². The van der Waals surface area contributed by atoms with Crippen LogP contribution in [0.15, 0.2) is 60.8 Å². The van der Waals surface area contributed by atoms with E-state index in [1.807, 2.05) is 80.3 Å². The summed E-state index contributed by atoms with van der Waals surface area (Å²) in [5.74, 6) is 1.01. The molecule has 2 aromatic carbocycles. The van der Waals surface area contributed by atoms with Crippen LogP contribution in [-0.2, 0) is 11.3 Å². The molecule has 49 heavy (non-hydrogen) atoms. The number of likely N-dealkylation sites (tertiary alicyclic amines) is 3. The van der Waals surface area contributed by atoms with Crippen molar-refractivity contribution in [3.05, 3.63) is 93.8 Å². The molecule has 0 saturated carbocycles. The molecular weight excluding hydrogens is 640 g/mol. The second kappa shape index (κ2) is 15.6. The maximum Gasteiger partial charge on any atom is 0.410 e. The first kappa shape index (κ1) is 34.7. The molecule has 0 spiro atoms. The van der Waals surface area contributed by atoms with Gasteiger partial charge in [0.2, 0.25) is 0 Å². The fourth-order valence-electron chi connectivity index (χ4n) is 7.43. The minimum Gasteiger partial charge on any atom is -0.445 e. The van der Waals surface area contributed by atoms with Gasteiger partial charge in [-0.15, -0.1) is 0 Å². The summed E-state index contributed by atoms with van der Waals surface area (Å²) in [4.78, 5) is 52.1. The fraction of sp³-hybridized carbons (Fsp3) is 0.474. The lowest BCUT2D eigenvalue weighted by Gasteiger charge is -2.33. The third-order valence-corrected chi connectivity index (χ3v) is 10.7. The SMILES string of the molecule is Cc1ccc(N(CCCN2CC3CN(C(=O)c4c(C)ccnc4C)CC3C2)C(=O)NC2CCN(C(=O)OCc3ccccc3)CC2)cc1Cl. The zero-order valence-corrected chi connectivity index (χ0v) is 29.5. The standard InChI is InChI=1S/C38H47ClN6O4/c1-26-10-11-33(20-34(26)39)45(37(47)41-32-13-18-43(19-14-32)38(48)49-25-29-8-5-4-6-9-29)17-7-16-42-21-30-23-44(24-31(30)22-42)36(46)35-27(2)12-15-40-28(35)3/h4-6,8-12,15,20,30-32H,7,13-14,16-19,21-25H2,1-3H3,(H,41,47). The van der Waals surface area contributed by atoms with Gasteiger partial charge >= 0.3 is 12.1 Å². The van der Waals surface area contributed by atoms with Crippen LogP contribution in [0.3, 0.4) is 0 Å². The number of nitrogens with zero attached hydrogens (tertiary/aromatic N) is 5. The van der Waals surface area contributed by atoms with Crippen molar-refractivity contribution in [2.75, 3.05) is 57.3 Å². The van der Waals surface area contributed by atoms with Gasteiger partial charge < -0.3 is 24.8 Å². The summed E-state index contributed by atoms with van der Waals surface area (Å²) >= 11 is 6.50. The Morgan fingerprint density at radius 2 is 1.63 bits per heavy atom. The van der Waals surface area contributed by atoms with Crippen LogP contribution in [0.25, 0.3) is 0 Å². The molecule has 0 aliphatic carbocycles. The number of hydrogen-bond donors (Lipinski definition) is 1. The van der Waals surface area contributed by atoms with E-state index in [1.165, 1.54) is 0 Å². The summed E-state index contributed by atoms with van der Waals surface area (Å²) in [6.07, 6.45) is 3.55. The Morgan fingerprint density at radius 1 is 0.918 bits per heavy atom. The van der Waals surface area contributed by atoms with Gasteiger partial charge in [0.15, 0.2) is 0 Å². The lowest BCUT2D eigenvalue weighted by molar-refractivity contribution is 0.0771. The van der Waals surface area contributed by atoms with E-state index in [9.17, 15) is 14.4 Å². The molecule has 3 saturated heterocycles. The number of piperidine rings is 1. The number of ether oxygens (including phenoxy) is 1. The van der Waals surface area contributed by atoms with Gasteiger partial charge in [-0.3, -0.25) is 14.7 Å². The number of carbonyl (C=O) groups is 3. The van der Waals surface area contributed by atoms with Gasteiger partial charge in [0.05, 0.1) is 11.3 Å². The van der Waals surface area contributed by atoms with Gasteiger partial charge in [-0.1, -0.05) is 48.0 Å². The van der Waals surface area contributed by atoms with Crippen LogP contribution in [0.4, 0.5) is 15.3 Å². The van der Waals surface area contributed by atoms with Crippen molar-refractivity contribution < 1.29 is 19.1 Å². The van der Waals surface area contributed by atoms with Crippen LogP contribution in [0.1, 0.15) is 52.0 Å². The molecule has 4 amide bonds. The van der Waals surface area contributed by atoms with E-state index in [2.05, 4.69) is 15.2 Å². The smallest absolute Gasteiger partial charge is 0.410 e. The lowest BCUT2D eigenvalue weighted by Crippen LogP contribution is -2.50. The Hall–Kier alpha value is -4.15. The van der Waals surface area contributed by atoms with Crippen LogP contribution in [0, 0.1) is 32.6 Å². The van der Waals surface area contributed by atoms with E-state index in [0.29, 0.717) is 49.3 Å².